The number of aryl methyl sites for hydroxylation is 7. The Morgan fingerprint density at radius 2 is 1.30 bits per heavy atom. The Bertz CT molecular complexity index is 1970. The van der Waals surface area contributed by atoms with E-state index in [9.17, 15) is 0 Å². The van der Waals surface area contributed by atoms with Gasteiger partial charge in [-0.25, -0.2) is 0 Å². The number of nitrogens with zero attached hydrogens (tertiary/aromatic N) is 1. The van der Waals surface area contributed by atoms with Gasteiger partial charge in [-0.2, -0.15) is 0 Å². The van der Waals surface area contributed by atoms with E-state index in [1.807, 2.05) is 6.21 Å². The predicted octanol–water partition coefficient (Wildman–Crippen LogP) is 12.3. The number of aliphatic imine (C=N–C) groups is 1. The van der Waals surface area contributed by atoms with Gasteiger partial charge in [0.1, 0.15) is 5.75 Å². The van der Waals surface area contributed by atoms with Gasteiger partial charge in [-0.15, -0.1) is 0 Å². The van der Waals surface area contributed by atoms with Gasteiger partial charge in [0.2, 0.25) is 0 Å². The smallest absolute Gasteiger partial charge is 0.123 e. The number of hydrogen-bond donors (Lipinski definition) is 0. The molecule has 0 aliphatic heterocycles. The lowest BCUT2D eigenvalue weighted by atomic mass is 9.90. The summed E-state index contributed by atoms with van der Waals surface area (Å²) in [6, 6.07) is 26.7. The van der Waals surface area contributed by atoms with Crippen LogP contribution in [0, 0.1) is 48.5 Å². The minimum Gasteiger partial charge on any atom is -0.496 e. The van der Waals surface area contributed by atoms with E-state index in [-0.39, 0.29) is 5.92 Å². The third-order valence-electron chi connectivity index (χ3n) is 8.97. The number of methoxy groups -OCH3 is 1. The van der Waals surface area contributed by atoms with Crippen LogP contribution < -0.4 is 4.74 Å². The first-order valence-electron chi connectivity index (χ1n) is 16.2. The first-order valence-corrected chi connectivity index (χ1v) is 16.2. The average Bonchev–Trinajstić information content (AvgIpc) is 2.98. The van der Waals surface area contributed by atoms with E-state index in [2.05, 4.69) is 153 Å². The van der Waals surface area contributed by atoms with Crippen LogP contribution in [-0.2, 0) is 0 Å². The molecule has 0 radical (unpaired) electrons. The van der Waals surface area contributed by atoms with Crippen LogP contribution in [0.4, 0.5) is 5.69 Å². The van der Waals surface area contributed by atoms with Crippen molar-refractivity contribution >= 4 is 22.7 Å². The average molecular weight is 606 g/mol. The first-order chi connectivity index (χ1) is 22.0. The van der Waals surface area contributed by atoms with Crippen molar-refractivity contribution in [3.63, 3.8) is 0 Å². The molecule has 0 heterocycles. The van der Waals surface area contributed by atoms with E-state index in [1.165, 1.54) is 77.5 Å². The molecule has 2 nitrogen and oxygen atoms in total. The van der Waals surface area contributed by atoms with Crippen LogP contribution in [0.3, 0.4) is 0 Å². The molecule has 5 aromatic rings. The fraction of sp³-hybridized carbons (Fsp3) is 0.250. The number of benzene rings is 5. The number of ether oxygens (including phenoxy) is 1. The first kappa shape index (κ1) is 32.7. The van der Waals surface area contributed by atoms with E-state index < -0.39 is 0 Å². The van der Waals surface area contributed by atoms with Gasteiger partial charge in [0, 0.05) is 23.1 Å². The molecule has 0 aromatic heterocycles. The molecular formula is C44H47NO. The Balaban J connectivity index is 1.35. The van der Waals surface area contributed by atoms with Crippen molar-refractivity contribution in [2.45, 2.75) is 68.2 Å². The van der Waals surface area contributed by atoms with Gasteiger partial charge in [0.15, 0.2) is 0 Å². The largest absolute Gasteiger partial charge is 0.496 e. The molecule has 5 aromatic carbocycles. The van der Waals surface area contributed by atoms with Crippen molar-refractivity contribution in [3.05, 3.63) is 141 Å². The van der Waals surface area contributed by atoms with Gasteiger partial charge >= 0.3 is 0 Å². The molecule has 0 bridgehead atoms. The summed E-state index contributed by atoms with van der Waals surface area (Å²) in [6.07, 6.45) is 8.43. The molecule has 2 heteroatoms. The van der Waals surface area contributed by atoms with Gasteiger partial charge in [0.25, 0.3) is 0 Å². The molecule has 46 heavy (non-hydrogen) atoms. The Labute approximate surface area is 276 Å². The van der Waals surface area contributed by atoms with E-state index >= 15 is 0 Å². The lowest BCUT2D eigenvalue weighted by molar-refractivity contribution is 0.409. The number of fused-ring (bicyclic) bond motifs is 1. The van der Waals surface area contributed by atoms with Crippen molar-refractivity contribution < 1.29 is 4.74 Å². The highest BCUT2D eigenvalue weighted by molar-refractivity contribution is 6.00. The van der Waals surface area contributed by atoms with Crippen LogP contribution in [0.25, 0.3) is 33.0 Å². The second-order valence-corrected chi connectivity index (χ2v) is 13.0. The van der Waals surface area contributed by atoms with Gasteiger partial charge < -0.3 is 4.74 Å². The molecule has 0 amide bonds. The minimum atomic E-state index is 0.195. The molecule has 0 N–H and O–H groups in total. The van der Waals surface area contributed by atoms with E-state index in [0.29, 0.717) is 0 Å². The molecule has 0 spiro atoms. The summed E-state index contributed by atoms with van der Waals surface area (Å²) in [5, 5.41) is 2.42. The zero-order chi connectivity index (χ0) is 33.1. The number of hydrogen-bond acceptors (Lipinski definition) is 2. The second-order valence-electron chi connectivity index (χ2n) is 13.0. The van der Waals surface area contributed by atoms with Gasteiger partial charge in [-0.05, 0) is 135 Å². The van der Waals surface area contributed by atoms with Crippen molar-refractivity contribution in [1.82, 2.24) is 0 Å². The highest BCUT2D eigenvalue weighted by atomic mass is 16.5. The molecule has 5 rings (SSSR count). The maximum atomic E-state index is 5.87. The molecule has 0 saturated carbocycles. The maximum absolute atomic E-state index is 5.87. The van der Waals surface area contributed by atoms with E-state index in [0.717, 1.165) is 17.0 Å². The third kappa shape index (κ3) is 6.92. The summed E-state index contributed by atoms with van der Waals surface area (Å²) in [6.45, 7) is 19.6. The zero-order valence-corrected chi connectivity index (χ0v) is 29.2. The lowest BCUT2D eigenvalue weighted by Crippen LogP contribution is -1.97. The molecular weight excluding hydrogens is 558 g/mol. The summed E-state index contributed by atoms with van der Waals surface area (Å²) < 4.78 is 5.87. The van der Waals surface area contributed by atoms with Crippen LogP contribution in [-0.4, -0.2) is 13.3 Å². The van der Waals surface area contributed by atoms with Crippen molar-refractivity contribution in [2.24, 2.45) is 4.99 Å². The maximum Gasteiger partial charge on any atom is 0.123 e. The summed E-state index contributed by atoms with van der Waals surface area (Å²) in [4.78, 5) is 4.94. The van der Waals surface area contributed by atoms with E-state index in [4.69, 9.17) is 9.73 Å². The third-order valence-corrected chi connectivity index (χ3v) is 8.97. The topological polar surface area (TPSA) is 21.6 Å². The summed E-state index contributed by atoms with van der Waals surface area (Å²) in [5.74, 6) is 1.11. The molecule has 0 aliphatic carbocycles. The predicted molar refractivity (Wildman–Crippen MR) is 200 cm³/mol. The lowest BCUT2D eigenvalue weighted by Gasteiger charge is -2.17. The van der Waals surface area contributed by atoms with Crippen LogP contribution in [0.15, 0.2) is 102 Å². The fourth-order valence-corrected chi connectivity index (χ4v) is 7.08. The Kier molecular flexibility index (Phi) is 9.77. The van der Waals surface area contributed by atoms with Crippen LogP contribution >= 0.6 is 0 Å². The number of rotatable bonds is 8. The Morgan fingerprint density at radius 3 is 1.91 bits per heavy atom. The highest BCUT2D eigenvalue weighted by Gasteiger charge is 2.14. The molecule has 234 valence electrons. The van der Waals surface area contributed by atoms with Crippen molar-refractivity contribution in [3.8, 4) is 28.0 Å². The van der Waals surface area contributed by atoms with Crippen molar-refractivity contribution in [2.75, 3.05) is 7.11 Å². The normalized spacial score (nSPS) is 12.9. The van der Waals surface area contributed by atoms with Gasteiger partial charge in [-0.3, -0.25) is 4.99 Å². The monoisotopic (exact) mass is 605 g/mol. The van der Waals surface area contributed by atoms with Crippen LogP contribution in [0.2, 0.25) is 0 Å². The Morgan fingerprint density at radius 1 is 0.696 bits per heavy atom. The zero-order valence-electron chi connectivity index (χ0n) is 29.2. The summed E-state index contributed by atoms with van der Waals surface area (Å²) in [7, 11) is 1.76. The van der Waals surface area contributed by atoms with E-state index in [1.54, 1.807) is 7.11 Å². The summed E-state index contributed by atoms with van der Waals surface area (Å²) >= 11 is 0. The van der Waals surface area contributed by atoms with Crippen LogP contribution in [0.1, 0.15) is 64.3 Å². The summed E-state index contributed by atoms with van der Waals surface area (Å²) in [5.41, 5.74) is 17.4. The molecule has 1 atom stereocenters. The minimum absolute atomic E-state index is 0.195. The Hall–Kier alpha value is -4.69. The SMILES string of the molecule is COc1cc(-c2c(C)cc(C)cc2C)ccc1C(C)\C=C/C=C(C)/C=N/c1cccc2cc(-c3c(C)cc(C)cc3C)cc(C)c12. The van der Waals surface area contributed by atoms with Crippen LogP contribution in [0.5, 0.6) is 5.75 Å². The van der Waals surface area contributed by atoms with Gasteiger partial charge in [-0.1, -0.05) is 90.9 Å². The molecule has 0 fully saturated rings. The molecule has 1 unspecified atom stereocenters. The highest BCUT2D eigenvalue weighted by Crippen LogP contribution is 2.37. The standard InChI is InChI=1S/C44H47NO/c1-27(13-11-14-30(4)39-18-17-37(25-41(39)46-10)42-31(5)19-28(2)20-32(42)6)26-45-40-16-12-15-36-24-38(23-35(9)44(36)40)43-33(7)21-29(3)22-34(43)8/h11-26,30H,1-10H3/b14-11-,27-13+,45-26+. The van der Waals surface area contributed by atoms with Gasteiger partial charge in [0.05, 0.1) is 12.8 Å². The second kappa shape index (κ2) is 13.7. The fourth-order valence-electron chi connectivity index (χ4n) is 7.08. The quantitative estimate of drug-likeness (QED) is 0.127. The van der Waals surface area contributed by atoms with Crippen molar-refractivity contribution in [1.29, 1.82) is 0 Å². The molecule has 0 saturated heterocycles. The number of allylic oxidation sites excluding steroid dienone is 4. The molecule has 0 aliphatic rings.